The maximum absolute atomic E-state index is 11.6. The molecule has 0 bridgehead atoms. The van der Waals surface area contributed by atoms with E-state index in [1.807, 2.05) is 26.2 Å². The van der Waals surface area contributed by atoms with Crippen LogP contribution < -0.4 is 5.73 Å². The quantitative estimate of drug-likeness (QED) is 0.872. The van der Waals surface area contributed by atoms with Crippen LogP contribution in [0.5, 0.6) is 0 Å². The molecule has 0 aliphatic carbocycles. The molecule has 2 N–H and O–H groups in total. The van der Waals surface area contributed by atoms with E-state index in [4.69, 9.17) is 5.73 Å². The predicted molar refractivity (Wildman–Crippen MR) is 75.9 cm³/mol. The fourth-order valence-corrected chi connectivity index (χ4v) is 4.25. The first kappa shape index (κ1) is 13.2. The first-order valence-electron chi connectivity index (χ1n) is 6.42. The van der Waals surface area contributed by atoms with Gasteiger partial charge in [0.15, 0.2) is 9.84 Å². The fourth-order valence-electron chi connectivity index (χ4n) is 2.56. The molecule has 3 rings (SSSR count). The van der Waals surface area contributed by atoms with E-state index in [1.165, 1.54) is 0 Å². The van der Waals surface area contributed by atoms with Gasteiger partial charge in [0, 0.05) is 18.8 Å². The smallest absolute Gasteiger partial charge is 0.152 e. The summed E-state index contributed by atoms with van der Waals surface area (Å²) in [7, 11) is -1.12. The minimum absolute atomic E-state index is 0.111. The van der Waals surface area contributed by atoms with Crippen LogP contribution >= 0.6 is 0 Å². The molecule has 1 fully saturated rings. The number of nitrogens with zero attached hydrogens (tertiary/aromatic N) is 4. The largest absolute Gasteiger partial charge is 0.384 e. The fraction of sp³-hybridized carbons (Fsp3) is 0.500. The van der Waals surface area contributed by atoms with Crippen molar-refractivity contribution < 1.29 is 8.42 Å². The van der Waals surface area contributed by atoms with Gasteiger partial charge >= 0.3 is 0 Å². The van der Waals surface area contributed by atoms with Crippen LogP contribution in [0.25, 0.3) is 11.4 Å². The third kappa shape index (κ3) is 2.09. The van der Waals surface area contributed by atoms with Crippen molar-refractivity contribution in [3.8, 4) is 11.4 Å². The molecular weight excluding hydrogens is 278 g/mol. The third-order valence-corrected chi connectivity index (χ3v) is 5.45. The highest BCUT2D eigenvalue weighted by molar-refractivity contribution is 7.91. The molecule has 20 heavy (non-hydrogen) atoms. The average Bonchev–Trinajstić information content (AvgIpc) is 3.01. The van der Waals surface area contributed by atoms with Crippen LogP contribution in [0.2, 0.25) is 0 Å². The summed E-state index contributed by atoms with van der Waals surface area (Å²) >= 11 is 0. The van der Waals surface area contributed by atoms with Gasteiger partial charge in [-0.25, -0.2) is 13.1 Å². The van der Waals surface area contributed by atoms with Gasteiger partial charge < -0.3 is 5.73 Å². The zero-order chi connectivity index (χ0) is 14.5. The summed E-state index contributed by atoms with van der Waals surface area (Å²) in [4.78, 5) is 0. The van der Waals surface area contributed by atoms with Crippen LogP contribution in [0, 0.1) is 6.92 Å². The minimum atomic E-state index is -2.96. The molecule has 2 aromatic rings. The third-order valence-electron chi connectivity index (χ3n) is 3.70. The molecule has 2 aromatic heterocycles. The van der Waals surface area contributed by atoms with Gasteiger partial charge in [0.1, 0.15) is 17.2 Å². The zero-order valence-corrected chi connectivity index (χ0v) is 12.3. The second-order valence-corrected chi connectivity index (χ2v) is 7.46. The summed E-state index contributed by atoms with van der Waals surface area (Å²) in [6.07, 6.45) is 2.40. The van der Waals surface area contributed by atoms with E-state index in [1.54, 1.807) is 9.36 Å². The summed E-state index contributed by atoms with van der Waals surface area (Å²) < 4.78 is 26.5. The molecule has 1 aliphatic heterocycles. The first-order chi connectivity index (χ1) is 9.37. The first-order valence-corrected chi connectivity index (χ1v) is 8.24. The number of sulfone groups is 1. The molecule has 0 saturated carbocycles. The number of anilines is 1. The molecule has 108 valence electrons. The lowest BCUT2D eigenvalue weighted by Crippen LogP contribution is -2.14. The summed E-state index contributed by atoms with van der Waals surface area (Å²) in [5, 5.41) is 8.81. The maximum atomic E-state index is 11.6. The molecule has 1 saturated heterocycles. The van der Waals surface area contributed by atoms with Crippen LogP contribution in [0.1, 0.15) is 18.0 Å². The van der Waals surface area contributed by atoms with Gasteiger partial charge in [-0.3, -0.25) is 4.68 Å². The Hall–Kier alpha value is -1.83. The molecule has 1 aliphatic rings. The zero-order valence-electron chi connectivity index (χ0n) is 11.4. The number of nitrogens with two attached hydrogens (primary N) is 1. The van der Waals surface area contributed by atoms with Crippen LogP contribution in [-0.4, -0.2) is 39.5 Å². The van der Waals surface area contributed by atoms with Crippen molar-refractivity contribution in [1.29, 1.82) is 0 Å². The van der Waals surface area contributed by atoms with Crippen molar-refractivity contribution in [3.63, 3.8) is 0 Å². The van der Waals surface area contributed by atoms with Crippen LogP contribution in [-0.2, 0) is 16.9 Å². The predicted octanol–water partition coefficient (Wildman–Crippen LogP) is 0.534. The molecule has 0 amide bonds. The van der Waals surface area contributed by atoms with Crippen molar-refractivity contribution in [2.24, 2.45) is 7.05 Å². The highest BCUT2D eigenvalue weighted by Crippen LogP contribution is 2.31. The summed E-state index contributed by atoms with van der Waals surface area (Å²) in [5.74, 6) is 0.835. The molecule has 0 aromatic carbocycles. The lowest BCUT2D eigenvalue weighted by Gasteiger charge is -2.10. The maximum Gasteiger partial charge on any atom is 0.152 e. The lowest BCUT2D eigenvalue weighted by atomic mass is 10.2. The molecule has 1 unspecified atom stereocenters. The number of aromatic nitrogens is 4. The van der Waals surface area contributed by atoms with E-state index in [-0.39, 0.29) is 17.5 Å². The van der Waals surface area contributed by atoms with E-state index in [2.05, 4.69) is 10.2 Å². The second-order valence-electron chi connectivity index (χ2n) is 5.23. The Morgan fingerprint density at radius 1 is 1.40 bits per heavy atom. The van der Waals surface area contributed by atoms with E-state index >= 15 is 0 Å². The normalized spacial score (nSPS) is 21.4. The van der Waals surface area contributed by atoms with Crippen LogP contribution in [0.4, 0.5) is 5.82 Å². The minimum Gasteiger partial charge on any atom is -0.384 e. The molecular formula is C12H17N5O2S. The van der Waals surface area contributed by atoms with Gasteiger partial charge in [-0.15, -0.1) is 0 Å². The number of hydrogen-bond acceptors (Lipinski definition) is 5. The summed E-state index contributed by atoms with van der Waals surface area (Å²) in [6, 6.07) is 1.70. The molecule has 7 nitrogen and oxygen atoms in total. The van der Waals surface area contributed by atoms with Gasteiger partial charge in [-0.2, -0.15) is 10.2 Å². The standard InChI is InChI=1S/C12H17N5O2S/c1-8-11(10-3-5-16(2)14-10)15-17(12(8)13)9-4-6-20(18,19)7-9/h3,5,9H,4,6-7,13H2,1-2H3. The summed E-state index contributed by atoms with van der Waals surface area (Å²) in [6.45, 7) is 1.88. The topological polar surface area (TPSA) is 95.8 Å². The van der Waals surface area contributed by atoms with Crippen molar-refractivity contribution in [2.45, 2.75) is 19.4 Å². The van der Waals surface area contributed by atoms with E-state index in [9.17, 15) is 8.42 Å². The molecule has 1 atom stereocenters. The van der Waals surface area contributed by atoms with Crippen LogP contribution in [0.15, 0.2) is 12.3 Å². The van der Waals surface area contributed by atoms with Crippen LogP contribution in [0.3, 0.4) is 0 Å². The Morgan fingerprint density at radius 3 is 2.70 bits per heavy atom. The Kier molecular flexibility index (Phi) is 2.86. The van der Waals surface area contributed by atoms with Gasteiger partial charge in [0.2, 0.25) is 0 Å². The monoisotopic (exact) mass is 295 g/mol. The SMILES string of the molecule is Cc1c(-c2ccn(C)n2)nn(C2CCS(=O)(=O)C2)c1N. The number of nitrogen functional groups attached to an aromatic ring is 1. The molecule has 3 heterocycles. The molecule has 8 heteroatoms. The van der Waals surface area contributed by atoms with Gasteiger partial charge in [0.25, 0.3) is 0 Å². The van der Waals surface area contributed by atoms with Gasteiger partial charge in [-0.05, 0) is 19.4 Å². The molecule has 0 radical (unpaired) electrons. The van der Waals surface area contributed by atoms with Gasteiger partial charge in [0.05, 0.1) is 17.5 Å². The van der Waals surface area contributed by atoms with Crippen molar-refractivity contribution >= 4 is 15.7 Å². The Bertz CT molecular complexity index is 759. The van der Waals surface area contributed by atoms with Crippen molar-refractivity contribution in [3.05, 3.63) is 17.8 Å². The van der Waals surface area contributed by atoms with E-state index in [0.717, 1.165) is 11.3 Å². The Morgan fingerprint density at radius 2 is 2.15 bits per heavy atom. The average molecular weight is 295 g/mol. The number of aryl methyl sites for hydroxylation is 1. The second kappa shape index (κ2) is 4.34. The number of hydrogen-bond donors (Lipinski definition) is 1. The molecule has 0 spiro atoms. The van der Waals surface area contributed by atoms with E-state index in [0.29, 0.717) is 17.9 Å². The van der Waals surface area contributed by atoms with E-state index < -0.39 is 9.84 Å². The highest BCUT2D eigenvalue weighted by atomic mass is 32.2. The van der Waals surface area contributed by atoms with Crippen molar-refractivity contribution in [2.75, 3.05) is 17.2 Å². The lowest BCUT2D eigenvalue weighted by molar-refractivity contribution is 0.508. The Labute approximate surface area is 117 Å². The highest BCUT2D eigenvalue weighted by Gasteiger charge is 2.32. The van der Waals surface area contributed by atoms with Crippen molar-refractivity contribution in [1.82, 2.24) is 19.6 Å². The number of rotatable bonds is 2. The Balaban J connectivity index is 2.02. The summed E-state index contributed by atoms with van der Waals surface area (Å²) in [5.41, 5.74) is 8.39. The van der Waals surface area contributed by atoms with Gasteiger partial charge in [-0.1, -0.05) is 0 Å².